The van der Waals surface area contributed by atoms with Gasteiger partial charge >= 0.3 is 0 Å². The Labute approximate surface area is 104 Å². The van der Waals surface area contributed by atoms with Gasteiger partial charge in [0.05, 0.1) is 12.7 Å². The van der Waals surface area contributed by atoms with Crippen LogP contribution in [0.4, 0.5) is 0 Å². The highest BCUT2D eigenvalue weighted by atomic mass is 16.5. The van der Waals surface area contributed by atoms with Crippen molar-refractivity contribution >= 4 is 0 Å². The molecule has 0 aliphatic carbocycles. The summed E-state index contributed by atoms with van der Waals surface area (Å²) in [5.74, 6) is 0. The molecule has 0 spiro atoms. The minimum atomic E-state index is -0.0229. The minimum absolute atomic E-state index is 0.0229. The zero-order valence-electron chi connectivity index (χ0n) is 11.0. The van der Waals surface area contributed by atoms with Crippen LogP contribution in [0.2, 0.25) is 0 Å². The lowest BCUT2D eigenvalue weighted by Crippen LogP contribution is -2.57. The molecular weight excluding hydrogens is 216 g/mol. The van der Waals surface area contributed by atoms with Crippen LogP contribution in [0.5, 0.6) is 0 Å². The summed E-state index contributed by atoms with van der Waals surface area (Å²) >= 11 is 0. The van der Waals surface area contributed by atoms with Gasteiger partial charge in [-0.1, -0.05) is 6.92 Å². The standard InChI is InChI=1S/C13H26N2O2/c1-2-12-10-13(11-16,4-9-17-12)15-7-3-5-14-6-8-15/h12,14,16H,2-11H2,1H3. The van der Waals surface area contributed by atoms with Gasteiger partial charge in [-0.05, 0) is 32.2 Å². The number of hydrogen-bond donors (Lipinski definition) is 2. The van der Waals surface area contributed by atoms with Gasteiger partial charge in [0, 0.05) is 31.8 Å². The van der Waals surface area contributed by atoms with Gasteiger partial charge in [0.2, 0.25) is 0 Å². The van der Waals surface area contributed by atoms with Gasteiger partial charge in [-0.15, -0.1) is 0 Å². The third kappa shape index (κ3) is 2.99. The largest absolute Gasteiger partial charge is 0.394 e. The number of hydrogen-bond acceptors (Lipinski definition) is 4. The van der Waals surface area contributed by atoms with Crippen molar-refractivity contribution in [1.82, 2.24) is 10.2 Å². The van der Waals surface area contributed by atoms with Gasteiger partial charge in [-0.3, -0.25) is 4.90 Å². The lowest BCUT2D eigenvalue weighted by atomic mass is 9.84. The number of nitrogens with one attached hydrogen (secondary N) is 1. The van der Waals surface area contributed by atoms with Gasteiger partial charge in [-0.25, -0.2) is 0 Å². The summed E-state index contributed by atoms with van der Waals surface area (Å²) in [6.45, 7) is 7.53. The van der Waals surface area contributed by atoms with Crippen molar-refractivity contribution < 1.29 is 9.84 Å². The molecule has 2 aliphatic heterocycles. The van der Waals surface area contributed by atoms with Crippen LogP contribution in [-0.4, -0.2) is 61.0 Å². The number of nitrogens with zero attached hydrogens (tertiary/aromatic N) is 1. The summed E-state index contributed by atoms with van der Waals surface area (Å²) in [6, 6.07) is 0. The fourth-order valence-corrected chi connectivity index (χ4v) is 3.11. The summed E-state index contributed by atoms with van der Waals surface area (Å²) in [7, 11) is 0. The molecule has 100 valence electrons. The first-order valence-corrected chi connectivity index (χ1v) is 6.99. The molecule has 17 heavy (non-hydrogen) atoms. The average molecular weight is 242 g/mol. The second-order valence-corrected chi connectivity index (χ2v) is 5.33. The van der Waals surface area contributed by atoms with E-state index in [0.717, 1.165) is 52.0 Å². The minimum Gasteiger partial charge on any atom is -0.394 e. The van der Waals surface area contributed by atoms with E-state index in [0.29, 0.717) is 6.10 Å². The highest BCUT2D eigenvalue weighted by molar-refractivity contribution is 4.95. The Morgan fingerprint density at radius 3 is 3.06 bits per heavy atom. The van der Waals surface area contributed by atoms with E-state index < -0.39 is 0 Å². The highest BCUT2D eigenvalue weighted by Crippen LogP contribution is 2.32. The second-order valence-electron chi connectivity index (χ2n) is 5.33. The Morgan fingerprint density at radius 2 is 2.29 bits per heavy atom. The molecule has 0 aromatic heterocycles. The van der Waals surface area contributed by atoms with Crippen molar-refractivity contribution in [2.45, 2.75) is 44.2 Å². The fraction of sp³-hybridized carbons (Fsp3) is 1.00. The Bertz CT molecular complexity index is 229. The third-order valence-corrected chi connectivity index (χ3v) is 4.29. The van der Waals surface area contributed by atoms with E-state index in [2.05, 4.69) is 17.1 Å². The first kappa shape index (κ1) is 13.3. The Kier molecular flexibility index (Phi) is 4.79. The van der Waals surface area contributed by atoms with Crippen LogP contribution in [0.25, 0.3) is 0 Å². The first-order chi connectivity index (χ1) is 8.30. The Morgan fingerprint density at radius 1 is 1.41 bits per heavy atom. The molecule has 4 heteroatoms. The molecule has 0 bridgehead atoms. The van der Waals surface area contributed by atoms with Crippen molar-refractivity contribution in [2.24, 2.45) is 0 Å². The molecule has 0 saturated carbocycles. The van der Waals surface area contributed by atoms with E-state index in [9.17, 15) is 5.11 Å². The van der Waals surface area contributed by atoms with Gasteiger partial charge < -0.3 is 15.2 Å². The molecule has 0 radical (unpaired) electrons. The lowest BCUT2D eigenvalue weighted by Gasteiger charge is -2.47. The summed E-state index contributed by atoms with van der Waals surface area (Å²) in [4.78, 5) is 2.50. The molecule has 2 rings (SSSR count). The Hall–Kier alpha value is -0.160. The maximum Gasteiger partial charge on any atom is 0.0617 e. The van der Waals surface area contributed by atoms with Crippen LogP contribution >= 0.6 is 0 Å². The zero-order chi connectivity index (χ0) is 12.1. The molecule has 0 amide bonds. The monoisotopic (exact) mass is 242 g/mol. The van der Waals surface area contributed by atoms with E-state index in [1.807, 2.05) is 0 Å². The van der Waals surface area contributed by atoms with Crippen molar-refractivity contribution in [3.05, 3.63) is 0 Å². The predicted molar refractivity (Wildman–Crippen MR) is 68.1 cm³/mol. The van der Waals surface area contributed by atoms with Crippen molar-refractivity contribution in [1.29, 1.82) is 0 Å². The van der Waals surface area contributed by atoms with Gasteiger partial charge in [0.1, 0.15) is 0 Å². The van der Waals surface area contributed by atoms with Crippen LogP contribution in [-0.2, 0) is 4.74 Å². The zero-order valence-corrected chi connectivity index (χ0v) is 11.0. The molecule has 0 aromatic rings. The molecule has 2 fully saturated rings. The Balaban J connectivity index is 2.05. The summed E-state index contributed by atoms with van der Waals surface area (Å²) in [5, 5.41) is 13.3. The van der Waals surface area contributed by atoms with Crippen molar-refractivity contribution in [2.75, 3.05) is 39.4 Å². The number of aliphatic hydroxyl groups excluding tert-OH is 1. The average Bonchev–Trinajstić information content (AvgIpc) is 2.68. The molecule has 2 aliphatic rings. The summed E-state index contributed by atoms with van der Waals surface area (Å²) in [6.07, 6.45) is 4.51. The maximum atomic E-state index is 9.88. The third-order valence-electron chi connectivity index (χ3n) is 4.29. The van der Waals surface area contributed by atoms with Gasteiger partial charge in [0.15, 0.2) is 0 Å². The van der Waals surface area contributed by atoms with Crippen molar-refractivity contribution in [3.63, 3.8) is 0 Å². The second kappa shape index (κ2) is 6.14. The quantitative estimate of drug-likeness (QED) is 0.761. The SMILES string of the molecule is CCC1CC(CO)(N2CCCNCC2)CCO1. The van der Waals surface area contributed by atoms with Crippen LogP contribution in [0.15, 0.2) is 0 Å². The summed E-state index contributed by atoms with van der Waals surface area (Å²) in [5.41, 5.74) is -0.0229. The lowest BCUT2D eigenvalue weighted by molar-refractivity contribution is -0.0931. The van der Waals surface area contributed by atoms with Crippen LogP contribution in [0, 0.1) is 0 Å². The fourth-order valence-electron chi connectivity index (χ4n) is 3.11. The smallest absolute Gasteiger partial charge is 0.0617 e. The summed E-state index contributed by atoms with van der Waals surface area (Å²) < 4.78 is 5.75. The molecule has 2 heterocycles. The van der Waals surface area contributed by atoms with Crippen LogP contribution < -0.4 is 5.32 Å². The normalized spacial score (nSPS) is 36.7. The predicted octanol–water partition coefficient (Wildman–Crippen LogP) is 0.602. The van der Waals surface area contributed by atoms with E-state index in [1.54, 1.807) is 0 Å². The molecule has 2 saturated heterocycles. The molecule has 4 nitrogen and oxygen atoms in total. The molecule has 0 aromatic carbocycles. The van der Waals surface area contributed by atoms with E-state index in [1.165, 1.54) is 6.42 Å². The van der Waals surface area contributed by atoms with E-state index >= 15 is 0 Å². The van der Waals surface area contributed by atoms with E-state index in [-0.39, 0.29) is 12.1 Å². The maximum absolute atomic E-state index is 9.88. The van der Waals surface area contributed by atoms with Crippen molar-refractivity contribution in [3.8, 4) is 0 Å². The number of rotatable bonds is 3. The first-order valence-electron chi connectivity index (χ1n) is 6.99. The number of ether oxygens (including phenoxy) is 1. The molecule has 2 N–H and O–H groups in total. The molecule has 2 unspecified atom stereocenters. The van der Waals surface area contributed by atoms with Crippen LogP contribution in [0.1, 0.15) is 32.6 Å². The molecule has 2 atom stereocenters. The van der Waals surface area contributed by atoms with Gasteiger partial charge in [-0.2, -0.15) is 0 Å². The van der Waals surface area contributed by atoms with Crippen LogP contribution in [0.3, 0.4) is 0 Å². The topological polar surface area (TPSA) is 44.7 Å². The highest BCUT2D eigenvalue weighted by Gasteiger charge is 2.40. The molecular formula is C13H26N2O2. The van der Waals surface area contributed by atoms with Gasteiger partial charge in [0.25, 0.3) is 0 Å². The van der Waals surface area contributed by atoms with E-state index in [4.69, 9.17) is 4.74 Å². The number of aliphatic hydroxyl groups is 1.